The molecule has 1 heterocycles. The number of thiocarbonyl (C=S) groups is 1. The Bertz CT molecular complexity index is 1270. The highest BCUT2D eigenvalue weighted by molar-refractivity contribution is 7.80. The Hall–Kier alpha value is -3.65. The molecule has 1 amide bonds. The third-order valence-corrected chi connectivity index (χ3v) is 6.96. The van der Waals surface area contributed by atoms with E-state index >= 15 is 0 Å². The molecule has 1 aliphatic heterocycles. The van der Waals surface area contributed by atoms with Gasteiger partial charge in [-0.1, -0.05) is 29.9 Å². The number of halogens is 1. The number of carbonyl (C=O) groups excluding carboxylic acids is 1. The standard InChI is InChI=1S/C29H32FN3O3S/c1-19-15-20(2)28(21(3)16-19)31-27(34)18-36-25-10-5-22(17-26(25)35-4)29(37)33-13-11-32(12-14-33)24-8-6-23(30)7-9-24/h5-10,15-17H,11-14,18H2,1-4H3,(H,31,34). The lowest BCUT2D eigenvalue weighted by atomic mass is 10.1. The highest BCUT2D eigenvalue weighted by Crippen LogP contribution is 2.29. The Labute approximate surface area is 223 Å². The summed E-state index contributed by atoms with van der Waals surface area (Å²) in [5.74, 6) is 0.515. The highest BCUT2D eigenvalue weighted by atomic mass is 32.1. The number of anilines is 2. The van der Waals surface area contributed by atoms with Crippen LogP contribution in [0, 0.1) is 26.6 Å². The molecule has 1 saturated heterocycles. The molecule has 0 saturated carbocycles. The summed E-state index contributed by atoms with van der Waals surface area (Å²) in [6, 6.07) is 16.2. The van der Waals surface area contributed by atoms with E-state index in [1.54, 1.807) is 25.3 Å². The third kappa shape index (κ3) is 6.38. The van der Waals surface area contributed by atoms with Crippen molar-refractivity contribution in [3.8, 4) is 11.5 Å². The first-order valence-electron chi connectivity index (χ1n) is 12.2. The lowest BCUT2D eigenvalue weighted by Gasteiger charge is -2.37. The number of methoxy groups -OCH3 is 1. The molecule has 4 rings (SSSR count). The Morgan fingerprint density at radius 3 is 2.22 bits per heavy atom. The van der Waals surface area contributed by atoms with Crippen LogP contribution in [0.2, 0.25) is 0 Å². The number of carbonyl (C=O) groups is 1. The first-order chi connectivity index (χ1) is 17.7. The van der Waals surface area contributed by atoms with Crippen molar-refractivity contribution in [2.45, 2.75) is 20.8 Å². The molecular weight excluding hydrogens is 489 g/mol. The molecule has 3 aromatic rings. The van der Waals surface area contributed by atoms with Crippen molar-refractivity contribution in [1.29, 1.82) is 0 Å². The summed E-state index contributed by atoms with van der Waals surface area (Å²) in [4.78, 5) is 17.7. The minimum Gasteiger partial charge on any atom is -0.493 e. The van der Waals surface area contributed by atoms with Gasteiger partial charge in [0.15, 0.2) is 18.1 Å². The van der Waals surface area contributed by atoms with Crippen LogP contribution in [-0.2, 0) is 4.79 Å². The van der Waals surface area contributed by atoms with Crippen LogP contribution in [-0.4, -0.2) is 55.7 Å². The second-order valence-corrected chi connectivity index (χ2v) is 9.62. The van der Waals surface area contributed by atoms with Crippen LogP contribution in [0.15, 0.2) is 54.6 Å². The number of hydrogen-bond acceptors (Lipinski definition) is 5. The molecule has 1 fully saturated rings. The van der Waals surface area contributed by atoms with E-state index in [1.807, 2.05) is 45.0 Å². The van der Waals surface area contributed by atoms with Gasteiger partial charge >= 0.3 is 0 Å². The minimum atomic E-state index is -0.240. The first-order valence-corrected chi connectivity index (χ1v) is 12.6. The maximum absolute atomic E-state index is 13.2. The van der Waals surface area contributed by atoms with Gasteiger partial charge in [0.1, 0.15) is 10.8 Å². The Kier molecular flexibility index (Phi) is 8.28. The zero-order valence-electron chi connectivity index (χ0n) is 21.6. The number of amides is 1. The molecule has 3 aromatic carbocycles. The van der Waals surface area contributed by atoms with Crippen molar-refractivity contribution in [2.24, 2.45) is 0 Å². The van der Waals surface area contributed by atoms with Crippen LogP contribution < -0.4 is 19.7 Å². The molecule has 37 heavy (non-hydrogen) atoms. The molecule has 194 valence electrons. The minimum absolute atomic E-state index is 0.141. The Balaban J connectivity index is 1.35. The molecule has 6 nitrogen and oxygen atoms in total. The number of nitrogens with zero attached hydrogens (tertiary/aromatic N) is 2. The summed E-state index contributed by atoms with van der Waals surface area (Å²) < 4.78 is 24.6. The highest BCUT2D eigenvalue weighted by Gasteiger charge is 2.21. The van der Waals surface area contributed by atoms with Gasteiger partial charge < -0.3 is 24.6 Å². The number of nitrogens with one attached hydrogen (secondary N) is 1. The summed E-state index contributed by atoms with van der Waals surface area (Å²) in [5.41, 5.74) is 5.85. The molecule has 1 aliphatic rings. The van der Waals surface area contributed by atoms with Crippen molar-refractivity contribution in [1.82, 2.24) is 4.90 Å². The summed E-state index contributed by atoms with van der Waals surface area (Å²) in [7, 11) is 1.57. The van der Waals surface area contributed by atoms with Crippen molar-refractivity contribution < 1.29 is 18.7 Å². The maximum atomic E-state index is 13.2. The molecular formula is C29H32FN3O3S. The molecule has 8 heteroatoms. The summed E-state index contributed by atoms with van der Waals surface area (Å²) in [6.45, 7) is 8.94. The smallest absolute Gasteiger partial charge is 0.262 e. The summed E-state index contributed by atoms with van der Waals surface area (Å²) in [5, 5.41) is 2.95. The second-order valence-electron chi connectivity index (χ2n) is 9.23. The molecule has 0 bridgehead atoms. The fourth-order valence-electron chi connectivity index (χ4n) is 4.62. The number of hydrogen-bond donors (Lipinski definition) is 1. The second kappa shape index (κ2) is 11.6. The van der Waals surface area contributed by atoms with Gasteiger partial charge in [0.05, 0.1) is 7.11 Å². The van der Waals surface area contributed by atoms with E-state index in [4.69, 9.17) is 21.7 Å². The number of aryl methyl sites for hydroxylation is 3. The predicted molar refractivity (Wildman–Crippen MR) is 150 cm³/mol. The van der Waals surface area contributed by atoms with Crippen molar-refractivity contribution in [3.63, 3.8) is 0 Å². The zero-order chi connectivity index (χ0) is 26.5. The lowest BCUT2D eigenvalue weighted by molar-refractivity contribution is -0.118. The quantitative estimate of drug-likeness (QED) is 0.428. The van der Waals surface area contributed by atoms with Gasteiger partial charge in [0, 0.05) is 43.1 Å². The SMILES string of the molecule is COc1cc(C(=S)N2CCN(c3ccc(F)cc3)CC2)ccc1OCC(=O)Nc1c(C)cc(C)cc1C. The van der Waals surface area contributed by atoms with Crippen molar-refractivity contribution in [3.05, 3.63) is 82.7 Å². The van der Waals surface area contributed by atoms with Gasteiger partial charge in [-0.25, -0.2) is 4.39 Å². The topological polar surface area (TPSA) is 54.0 Å². The van der Waals surface area contributed by atoms with Crippen LogP contribution in [0.1, 0.15) is 22.3 Å². The third-order valence-electron chi connectivity index (χ3n) is 6.47. The Morgan fingerprint density at radius 1 is 0.946 bits per heavy atom. The van der Waals surface area contributed by atoms with E-state index in [2.05, 4.69) is 15.1 Å². The molecule has 0 aromatic heterocycles. The van der Waals surface area contributed by atoms with Gasteiger partial charge in [-0.3, -0.25) is 4.79 Å². The van der Waals surface area contributed by atoms with Gasteiger partial charge in [-0.15, -0.1) is 0 Å². The summed E-state index contributed by atoms with van der Waals surface area (Å²) in [6.07, 6.45) is 0. The van der Waals surface area contributed by atoms with E-state index < -0.39 is 0 Å². The van der Waals surface area contributed by atoms with E-state index in [-0.39, 0.29) is 18.3 Å². The van der Waals surface area contributed by atoms with E-state index in [1.165, 1.54) is 12.1 Å². The summed E-state index contributed by atoms with van der Waals surface area (Å²) >= 11 is 5.77. The molecule has 0 aliphatic carbocycles. The van der Waals surface area contributed by atoms with Crippen LogP contribution in [0.25, 0.3) is 0 Å². The zero-order valence-corrected chi connectivity index (χ0v) is 22.5. The normalized spacial score (nSPS) is 13.3. The number of ether oxygens (including phenoxy) is 2. The van der Waals surface area contributed by atoms with Gasteiger partial charge in [0.25, 0.3) is 5.91 Å². The van der Waals surface area contributed by atoms with E-state index in [0.29, 0.717) is 11.5 Å². The fourth-order valence-corrected chi connectivity index (χ4v) is 4.93. The lowest BCUT2D eigenvalue weighted by Crippen LogP contribution is -2.48. The molecule has 0 radical (unpaired) electrons. The maximum Gasteiger partial charge on any atom is 0.262 e. The Morgan fingerprint density at radius 2 is 1.59 bits per heavy atom. The van der Waals surface area contributed by atoms with Gasteiger partial charge in [-0.05, 0) is 74.4 Å². The molecule has 0 unspecified atom stereocenters. The number of benzene rings is 3. The number of rotatable bonds is 7. The monoisotopic (exact) mass is 521 g/mol. The van der Waals surface area contributed by atoms with Crippen LogP contribution in [0.5, 0.6) is 11.5 Å². The van der Waals surface area contributed by atoms with Gasteiger partial charge in [-0.2, -0.15) is 0 Å². The van der Waals surface area contributed by atoms with Crippen LogP contribution in [0.4, 0.5) is 15.8 Å². The molecule has 0 spiro atoms. The van der Waals surface area contributed by atoms with Crippen molar-refractivity contribution in [2.75, 3.05) is 50.1 Å². The largest absolute Gasteiger partial charge is 0.493 e. The average Bonchev–Trinajstić information content (AvgIpc) is 2.89. The molecule has 0 atom stereocenters. The first kappa shape index (κ1) is 26.4. The van der Waals surface area contributed by atoms with Crippen LogP contribution in [0.3, 0.4) is 0 Å². The van der Waals surface area contributed by atoms with Crippen LogP contribution >= 0.6 is 12.2 Å². The number of piperazine rings is 1. The van der Waals surface area contributed by atoms with E-state index in [9.17, 15) is 9.18 Å². The predicted octanol–water partition coefficient (Wildman–Crippen LogP) is 5.27. The van der Waals surface area contributed by atoms with Gasteiger partial charge in [0.2, 0.25) is 0 Å². The van der Waals surface area contributed by atoms with Crippen molar-refractivity contribution >= 4 is 34.5 Å². The fraction of sp³-hybridized carbons (Fsp3) is 0.310. The molecule has 1 N–H and O–H groups in total. The van der Waals surface area contributed by atoms with E-state index in [0.717, 1.165) is 64.8 Å². The average molecular weight is 522 g/mol.